The third kappa shape index (κ3) is 6.56. The van der Waals surface area contributed by atoms with Crippen molar-refractivity contribution in [2.24, 2.45) is 5.92 Å². The number of piperidine rings is 1. The Labute approximate surface area is 148 Å². The van der Waals surface area contributed by atoms with Gasteiger partial charge in [-0.1, -0.05) is 0 Å². The van der Waals surface area contributed by atoms with E-state index in [1.807, 2.05) is 20.8 Å². The second-order valence-corrected chi connectivity index (χ2v) is 7.05. The summed E-state index contributed by atoms with van der Waals surface area (Å²) in [5.41, 5.74) is -0.499. The number of aromatic nitrogens is 2. The van der Waals surface area contributed by atoms with E-state index < -0.39 is 5.60 Å². The fourth-order valence-corrected chi connectivity index (χ4v) is 2.56. The molecule has 1 fully saturated rings. The van der Waals surface area contributed by atoms with E-state index >= 15 is 0 Å². The van der Waals surface area contributed by atoms with Crippen molar-refractivity contribution in [2.45, 2.75) is 39.2 Å². The van der Waals surface area contributed by atoms with Crippen molar-refractivity contribution in [3.8, 4) is 0 Å². The molecular formula is C17H27N5O3. The van der Waals surface area contributed by atoms with Gasteiger partial charge >= 0.3 is 6.09 Å². The molecule has 0 atom stereocenters. The maximum Gasteiger partial charge on any atom is 0.410 e. The number of rotatable bonds is 5. The number of carbonyl (C=O) groups is 2. The molecule has 2 N–H and O–H groups in total. The van der Waals surface area contributed by atoms with Crippen LogP contribution in [0.5, 0.6) is 0 Å². The Hall–Kier alpha value is -2.38. The quantitative estimate of drug-likeness (QED) is 0.785. The predicted octanol–water partition coefficient (Wildman–Crippen LogP) is 1.65. The van der Waals surface area contributed by atoms with E-state index in [1.54, 1.807) is 23.5 Å². The number of amides is 2. The predicted molar refractivity (Wildman–Crippen MR) is 94.1 cm³/mol. The summed E-state index contributed by atoms with van der Waals surface area (Å²) < 4.78 is 5.36. The minimum absolute atomic E-state index is 0.0322. The Morgan fingerprint density at radius 3 is 2.56 bits per heavy atom. The van der Waals surface area contributed by atoms with Crippen LogP contribution in [0, 0.1) is 5.92 Å². The van der Waals surface area contributed by atoms with Gasteiger partial charge in [-0.25, -0.2) is 9.78 Å². The van der Waals surface area contributed by atoms with E-state index in [0.29, 0.717) is 44.8 Å². The molecule has 1 aromatic heterocycles. The SMILES string of the molecule is CC(C)(C)OC(=O)N1CCC(C(=O)NCCNc2cnccn2)CC1. The zero-order chi connectivity index (χ0) is 18.3. The molecule has 1 saturated heterocycles. The van der Waals surface area contributed by atoms with Crippen LogP contribution in [0.25, 0.3) is 0 Å². The van der Waals surface area contributed by atoms with Crippen LogP contribution in [-0.4, -0.2) is 58.6 Å². The molecule has 0 aliphatic carbocycles. The van der Waals surface area contributed by atoms with Crippen molar-refractivity contribution in [3.05, 3.63) is 18.6 Å². The standard InChI is InChI=1S/C17H27N5O3/c1-17(2,3)25-16(24)22-10-4-13(5-11-22)15(23)21-9-8-20-14-12-18-6-7-19-14/h6-7,12-13H,4-5,8-11H2,1-3H3,(H,19,20)(H,21,23). The maximum atomic E-state index is 12.2. The second-order valence-electron chi connectivity index (χ2n) is 7.05. The average molecular weight is 349 g/mol. The van der Waals surface area contributed by atoms with Crippen LogP contribution in [0.1, 0.15) is 33.6 Å². The third-order valence-electron chi connectivity index (χ3n) is 3.81. The van der Waals surface area contributed by atoms with Crippen LogP contribution in [0.4, 0.5) is 10.6 Å². The van der Waals surface area contributed by atoms with Gasteiger partial charge in [-0.15, -0.1) is 0 Å². The van der Waals surface area contributed by atoms with Crippen LogP contribution >= 0.6 is 0 Å². The smallest absolute Gasteiger partial charge is 0.410 e. The molecule has 8 heteroatoms. The van der Waals surface area contributed by atoms with E-state index in [0.717, 1.165) is 0 Å². The molecule has 1 aliphatic heterocycles. The molecule has 0 spiro atoms. The molecule has 8 nitrogen and oxygen atoms in total. The number of nitrogens with zero attached hydrogens (tertiary/aromatic N) is 3. The lowest BCUT2D eigenvalue weighted by Gasteiger charge is -2.32. The number of likely N-dealkylation sites (tertiary alicyclic amines) is 1. The molecule has 0 aromatic carbocycles. The van der Waals surface area contributed by atoms with Gasteiger partial charge in [0, 0.05) is 44.5 Å². The number of nitrogens with one attached hydrogen (secondary N) is 2. The van der Waals surface area contributed by atoms with E-state index in [4.69, 9.17) is 4.74 Å². The van der Waals surface area contributed by atoms with Gasteiger partial charge in [0.1, 0.15) is 11.4 Å². The highest BCUT2D eigenvalue weighted by Gasteiger charge is 2.29. The largest absolute Gasteiger partial charge is 0.444 e. The zero-order valence-corrected chi connectivity index (χ0v) is 15.1. The molecule has 2 heterocycles. The summed E-state index contributed by atoms with van der Waals surface area (Å²) in [6.07, 6.45) is 5.86. The molecular weight excluding hydrogens is 322 g/mol. The topological polar surface area (TPSA) is 96.5 Å². The van der Waals surface area contributed by atoms with Gasteiger partial charge < -0.3 is 20.3 Å². The van der Waals surface area contributed by atoms with Gasteiger partial charge in [-0.2, -0.15) is 0 Å². The monoisotopic (exact) mass is 349 g/mol. The van der Waals surface area contributed by atoms with Crippen molar-refractivity contribution in [1.29, 1.82) is 0 Å². The van der Waals surface area contributed by atoms with E-state index in [1.165, 1.54) is 0 Å². The number of ether oxygens (including phenoxy) is 1. The molecule has 0 radical (unpaired) electrons. The first kappa shape index (κ1) is 19.0. The Kier molecular flexibility index (Phi) is 6.55. The zero-order valence-electron chi connectivity index (χ0n) is 15.1. The number of hydrogen-bond acceptors (Lipinski definition) is 6. The summed E-state index contributed by atoms with van der Waals surface area (Å²) in [7, 11) is 0. The first-order valence-corrected chi connectivity index (χ1v) is 8.61. The summed E-state index contributed by atoms with van der Waals surface area (Å²) in [6, 6.07) is 0. The Balaban J connectivity index is 1.64. The van der Waals surface area contributed by atoms with E-state index in [2.05, 4.69) is 20.6 Å². The van der Waals surface area contributed by atoms with Crippen molar-refractivity contribution in [3.63, 3.8) is 0 Å². The second kappa shape index (κ2) is 8.64. The first-order valence-electron chi connectivity index (χ1n) is 8.61. The molecule has 2 amide bonds. The third-order valence-corrected chi connectivity index (χ3v) is 3.81. The molecule has 138 valence electrons. The number of carbonyl (C=O) groups excluding carboxylic acids is 2. The normalized spacial score (nSPS) is 15.6. The van der Waals surface area contributed by atoms with E-state index in [9.17, 15) is 9.59 Å². The lowest BCUT2D eigenvalue weighted by molar-refractivity contribution is -0.126. The lowest BCUT2D eigenvalue weighted by Crippen LogP contribution is -2.45. The molecule has 1 aliphatic rings. The van der Waals surface area contributed by atoms with E-state index in [-0.39, 0.29) is 17.9 Å². The van der Waals surface area contributed by atoms with Crippen molar-refractivity contribution >= 4 is 17.8 Å². The van der Waals surface area contributed by atoms with Crippen LogP contribution < -0.4 is 10.6 Å². The summed E-state index contributed by atoms with van der Waals surface area (Å²) in [6.45, 7) is 7.74. The highest BCUT2D eigenvalue weighted by atomic mass is 16.6. The van der Waals surface area contributed by atoms with Crippen LogP contribution in [0.2, 0.25) is 0 Å². The van der Waals surface area contributed by atoms with Gasteiger partial charge in [0.05, 0.1) is 6.20 Å². The number of anilines is 1. The van der Waals surface area contributed by atoms with Gasteiger partial charge in [0.15, 0.2) is 0 Å². The summed E-state index contributed by atoms with van der Waals surface area (Å²) >= 11 is 0. The minimum Gasteiger partial charge on any atom is -0.444 e. The Bertz CT molecular complexity index is 565. The highest BCUT2D eigenvalue weighted by molar-refractivity contribution is 5.79. The summed E-state index contributed by atoms with van der Waals surface area (Å²) in [4.78, 5) is 34.0. The van der Waals surface area contributed by atoms with Crippen molar-refractivity contribution in [1.82, 2.24) is 20.2 Å². The molecule has 0 saturated carbocycles. The van der Waals surface area contributed by atoms with Crippen molar-refractivity contribution < 1.29 is 14.3 Å². The molecule has 25 heavy (non-hydrogen) atoms. The molecule has 0 bridgehead atoms. The van der Waals surface area contributed by atoms with Gasteiger partial charge in [0.25, 0.3) is 0 Å². The first-order chi connectivity index (χ1) is 11.8. The molecule has 1 aromatic rings. The summed E-state index contributed by atoms with van der Waals surface area (Å²) in [5, 5.41) is 6.01. The van der Waals surface area contributed by atoms with Crippen LogP contribution in [0.3, 0.4) is 0 Å². The Morgan fingerprint density at radius 2 is 1.96 bits per heavy atom. The fraction of sp³-hybridized carbons (Fsp3) is 0.647. The molecule has 2 rings (SSSR count). The minimum atomic E-state index is -0.499. The number of hydrogen-bond donors (Lipinski definition) is 2. The summed E-state index contributed by atoms with van der Waals surface area (Å²) in [5.74, 6) is 0.655. The van der Waals surface area contributed by atoms with Gasteiger partial charge in [-0.05, 0) is 33.6 Å². The average Bonchev–Trinajstić information content (AvgIpc) is 2.58. The highest BCUT2D eigenvalue weighted by Crippen LogP contribution is 2.19. The van der Waals surface area contributed by atoms with Crippen molar-refractivity contribution in [2.75, 3.05) is 31.5 Å². The molecule has 0 unspecified atom stereocenters. The lowest BCUT2D eigenvalue weighted by atomic mass is 9.96. The fourth-order valence-electron chi connectivity index (χ4n) is 2.56. The maximum absolute atomic E-state index is 12.2. The van der Waals surface area contributed by atoms with Crippen LogP contribution in [-0.2, 0) is 9.53 Å². The van der Waals surface area contributed by atoms with Gasteiger partial charge in [-0.3, -0.25) is 9.78 Å². The van der Waals surface area contributed by atoms with Crippen LogP contribution in [0.15, 0.2) is 18.6 Å². The van der Waals surface area contributed by atoms with Gasteiger partial charge in [0.2, 0.25) is 5.91 Å². The Morgan fingerprint density at radius 1 is 1.24 bits per heavy atom.